The number of nitrogens with zero attached hydrogens (tertiary/aromatic N) is 3. The van der Waals surface area contributed by atoms with Gasteiger partial charge in [-0.3, -0.25) is 10.1 Å². The van der Waals surface area contributed by atoms with Gasteiger partial charge < -0.3 is 4.74 Å². The predicted octanol–water partition coefficient (Wildman–Crippen LogP) is 1.38. The molecule has 0 aliphatic rings. The van der Waals surface area contributed by atoms with Crippen molar-refractivity contribution in [2.24, 2.45) is 0 Å². The first-order valence-electron chi connectivity index (χ1n) is 3.83. The number of ether oxygens (including phenoxy) is 1. The molecule has 1 heterocycles. The lowest BCUT2D eigenvalue weighted by Gasteiger charge is -2.07. The average molecular weight is 185 g/mol. The molecule has 1 rings (SSSR count). The van der Waals surface area contributed by atoms with Crippen molar-refractivity contribution < 1.29 is 9.66 Å². The van der Waals surface area contributed by atoms with Crippen LogP contribution in [0.4, 0.5) is 5.69 Å². The molecule has 0 atom stereocenters. The van der Waals surface area contributed by atoms with E-state index >= 15 is 0 Å². The second-order valence-corrected chi connectivity index (χ2v) is 2.83. The molecule has 0 aliphatic carbocycles. The van der Waals surface area contributed by atoms with Crippen molar-refractivity contribution in [2.75, 3.05) is 7.11 Å². The van der Waals surface area contributed by atoms with Crippen LogP contribution in [0.1, 0.15) is 19.9 Å². The molecule has 1 aromatic rings. The van der Waals surface area contributed by atoms with Gasteiger partial charge in [0.25, 0.3) is 5.88 Å². The van der Waals surface area contributed by atoms with Crippen molar-refractivity contribution in [2.45, 2.75) is 19.9 Å². The molecule has 0 radical (unpaired) electrons. The Balaban J connectivity index is 3.18. The number of aromatic nitrogens is 2. The number of hydrogen-bond donors (Lipinski definition) is 0. The summed E-state index contributed by atoms with van der Waals surface area (Å²) >= 11 is 0. The van der Waals surface area contributed by atoms with Crippen LogP contribution in [0.3, 0.4) is 0 Å². The van der Waals surface area contributed by atoms with Gasteiger partial charge in [0.15, 0.2) is 0 Å². The van der Waals surface area contributed by atoms with E-state index in [2.05, 4.69) is 5.10 Å². The van der Waals surface area contributed by atoms with E-state index in [0.717, 1.165) is 0 Å². The molecule has 1 aromatic heterocycles. The summed E-state index contributed by atoms with van der Waals surface area (Å²) in [6, 6.07) is 0.0450. The fourth-order valence-corrected chi connectivity index (χ4v) is 1.03. The number of nitro groups is 1. The summed E-state index contributed by atoms with van der Waals surface area (Å²) in [4.78, 5) is 9.98. The van der Waals surface area contributed by atoms with Crippen molar-refractivity contribution in [3.8, 4) is 5.88 Å². The van der Waals surface area contributed by atoms with Gasteiger partial charge in [0.2, 0.25) is 0 Å². The van der Waals surface area contributed by atoms with E-state index in [9.17, 15) is 10.1 Å². The fourth-order valence-electron chi connectivity index (χ4n) is 1.03. The van der Waals surface area contributed by atoms with E-state index in [4.69, 9.17) is 4.74 Å². The second-order valence-electron chi connectivity index (χ2n) is 2.83. The molecule has 0 spiro atoms. The highest BCUT2D eigenvalue weighted by Gasteiger charge is 2.22. The lowest BCUT2D eigenvalue weighted by atomic mass is 10.4. The highest BCUT2D eigenvalue weighted by Crippen LogP contribution is 2.28. The van der Waals surface area contributed by atoms with Crippen LogP contribution in [-0.4, -0.2) is 21.8 Å². The first-order chi connectivity index (χ1) is 6.07. The molecular formula is C7H11N3O3. The van der Waals surface area contributed by atoms with Crippen LogP contribution in [0.5, 0.6) is 5.88 Å². The van der Waals surface area contributed by atoms with Gasteiger partial charge in [-0.25, -0.2) is 4.68 Å². The Morgan fingerprint density at radius 3 is 2.69 bits per heavy atom. The van der Waals surface area contributed by atoms with Crippen molar-refractivity contribution in [1.29, 1.82) is 0 Å². The molecule has 0 aliphatic heterocycles. The van der Waals surface area contributed by atoms with E-state index in [0.29, 0.717) is 0 Å². The lowest BCUT2D eigenvalue weighted by molar-refractivity contribution is -0.385. The van der Waals surface area contributed by atoms with Crippen molar-refractivity contribution in [3.05, 3.63) is 16.3 Å². The Hall–Kier alpha value is -1.59. The van der Waals surface area contributed by atoms with Crippen LogP contribution >= 0.6 is 0 Å². The van der Waals surface area contributed by atoms with Gasteiger partial charge >= 0.3 is 5.69 Å². The van der Waals surface area contributed by atoms with E-state index < -0.39 is 4.92 Å². The third-order valence-corrected chi connectivity index (χ3v) is 1.61. The molecule has 13 heavy (non-hydrogen) atoms. The molecule has 0 saturated carbocycles. The van der Waals surface area contributed by atoms with Gasteiger partial charge in [0.05, 0.1) is 18.1 Å². The Morgan fingerprint density at radius 2 is 2.31 bits per heavy atom. The van der Waals surface area contributed by atoms with E-state index in [1.54, 1.807) is 0 Å². The topological polar surface area (TPSA) is 70.2 Å². The van der Waals surface area contributed by atoms with Gasteiger partial charge in [-0.1, -0.05) is 0 Å². The second kappa shape index (κ2) is 3.42. The van der Waals surface area contributed by atoms with Crippen molar-refractivity contribution in [1.82, 2.24) is 9.78 Å². The normalized spacial score (nSPS) is 10.5. The smallest absolute Gasteiger partial charge is 0.350 e. The molecule has 0 amide bonds. The lowest BCUT2D eigenvalue weighted by Crippen LogP contribution is -2.05. The summed E-state index contributed by atoms with van der Waals surface area (Å²) < 4.78 is 6.37. The molecule has 6 heteroatoms. The van der Waals surface area contributed by atoms with Gasteiger partial charge in [0, 0.05) is 0 Å². The van der Waals surface area contributed by atoms with E-state index in [1.165, 1.54) is 18.0 Å². The summed E-state index contributed by atoms with van der Waals surface area (Å²) in [5, 5.41) is 14.3. The van der Waals surface area contributed by atoms with E-state index in [-0.39, 0.29) is 17.6 Å². The van der Waals surface area contributed by atoms with Crippen molar-refractivity contribution in [3.63, 3.8) is 0 Å². The van der Waals surface area contributed by atoms with Crippen LogP contribution in [0.15, 0.2) is 6.20 Å². The first kappa shape index (κ1) is 9.50. The average Bonchev–Trinajstić information content (AvgIpc) is 2.46. The van der Waals surface area contributed by atoms with Gasteiger partial charge in [-0.2, -0.15) is 5.10 Å². The Kier molecular flexibility index (Phi) is 2.50. The SMILES string of the molecule is COc1c([N+](=O)[O-])cnn1C(C)C. The summed E-state index contributed by atoms with van der Waals surface area (Å²) in [6.07, 6.45) is 1.19. The molecule has 0 saturated heterocycles. The molecule has 0 aromatic carbocycles. The molecular weight excluding hydrogens is 174 g/mol. The summed E-state index contributed by atoms with van der Waals surface area (Å²) in [6.45, 7) is 3.75. The summed E-state index contributed by atoms with van der Waals surface area (Å²) in [7, 11) is 1.39. The van der Waals surface area contributed by atoms with Gasteiger partial charge in [-0.05, 0) is 13.8 Å². The summed E-state index contributed by atoms with van der Waals surface area (Å²) in [5.74, 6) is 0.194. The highest BCUT2D eigenvalue weighted by atomic mass is 16.6. The van der Waals surface area contributed by atoms with Crippen LogP contribution in [0, 0.1) is 10.1 Å². The van der Waals surface area contributed by atoms with Crippen LogP contribution in [-0.2, 0) is 0 Å². The number of rotatable bonds is 3. The number of hydrogen-bond acceptors (Lipinski definition) is 4. The quantitative estimate of drug-likeness (QED) is 0.526. The zero-order valence-electron chi connectivity index (χ0n) is 7.72. The predicted molar refractivity (Wildman–Crippen MR) is 45.8 cm³/mol. The van der Waals surface area contributed by atoms with Crippen LogP contribution in [0.25, 0.3) is 0 Å². The maximum absolute atomic E-state index is 10.5. The molecule has 0 N–H and O–H groups in total. The maximum atomic E-state index is 10.5. The largest absolute Gasteiger partial charge is 0.476 e. The molecule has 0 unspecified atom stereocenters. The van der Waals surface area contributed by atoms with E-state index in [1.807, 2.05) is 13.8 Å². The third-order valence-electron chi connectivity index (χ3n) is 1.61. The molecule has 72 valence electrons. The molecule has 0 bridgehead atoms. The first-order valence-corrected chi connectivity index (χ1v) is 3.83. The highest BCUT2D eigenvalue weighted by molar-refractivity contribution is 5.39. The Bertz CT molecular complexity index is 319. The minimum absolute atomic E-state index is 0.0450. The number of methoxy groups -OCH3 is 1. The zero-order valence-corrected chi connectivity index (χ0v) is 7.72. The molecule has 0 fully saturated rings. The minimum atomic E-state index is -0.509. The standard InChI is InChI=1S/C7H11N3O3/c1-5(2)9-7(13-3)6(4-8-9)10(11)12/h4-5H,1-3H3. The molecule has 6 nitrogen and oxygen atoms in total. The fraction of sp³-hybridized carbons (Fsp3) is 0.571. The van der Waals surface area contributed by atoms with Crippen molar-refractivity contribution >= 4 is 5.69 Å². The zero-order chi connectivity index (χ0) is 10.0. The summed E-state index contributed by atoms with van der Waals surface area (Å²) in [5.41, 5.74) is -0.101. The monoisotopic (exact) mass is 185 g/mol. The maximum Gasteiger partial charge on any atom is 0.350 e. The minimum Gasteiger partial charge on any atom is -0.476 e. The van der Waals surface area contributed by atoms with Crippen LogP contribution in [0.2, 0.25) is 0 Å². The van der Waals surface area contributed by atoms with Crippen LogP contribution < -0.4 is 4.74 Å². The Labute approximate surface area is 75.3 Å². The Morgan fingerprint density at radius 1 is 1.69 bits per heavy atom. The van der Waals surface area contributed by atoms with Gasteiger partial charge in [0.1, 0.15) is 6.20 Å². The van der Waals surface area contributed by atoms with Gasteiger partial charge in [-0.15, -0.1) is 0 Å². The third kappa shape index (κ3) is 1.61.